The first kappa shape index (κ1) is 12.0. The van der Waals surface area contributed by atoms with Crippen LogP contribution in [0.15, 0.2) is 48.5 Å². The van der Waals surface area contributed by atoms with Gasteiger partial charge in [0.15, 0.2) is 5.78 Å². The predicted octanol–water partition coefficient (Wildman–Crippen LogP) is 3.49. The number of ketones is 1. The third-order valence-electron chi connectivity index (χ3n) is 3.93. The number of anilines is 1. The van der Waals surface area contributed by atoms with Gasteiger partial charge in [-0.3, -0.25) is 4.79 Å². The number of nitrogen functional groups attached to an aromatic ring is 1. The molecule has 0 radical (unpaired) electrons. The second-order valence-electron chi connectivity index (χ2n) is 5.40. The normalized spacial score (nSPS) is 16.1. The van der Waals surface area contributed by atoms with E-state index in [1.165, 1.54) is 0 Å². The molecular weight excluding hydrogens is 234 g/mol. The van der Waals surface area contributed by atoms with Gasteiger partial charge in [-0.1, -0.05) is 35.9 Å². The number of carbonyl (C=O) groups excluding carboxylic acids is 1. The lowest BCUT2D eigenvalue weighted by molar-refractivity contribution is 0.0946. The minimum atomic E-state index is -0.304. The minimum absolute atomic E-state index is 0.237. The van der Waals surface area contributed by atoms with Crippen LogP contribution in [0.25, 0.3) is 0 Å². The van der Waals surface area contributed by atoms with E-state index >= 15 is 0 Å². The Hall–Kier alpha value is -2.09. The first-order valence-corrected chi connectivity index (χ1v) is 6.59. The summed E-state index contributed by atoms with van der Waals surface area (Å²) >= 11 is 0. The van der Waals surface area contributed by atoms with Gasteiger partial charge in [-0.25, -0.2) is 0 Å². The van der Waals surface area contributed by atoms with E-state index in [4.69, 9.17) is 5.73 Å². The Labute approximate surface area is 113 Å². The topological polar surface area (TPSA) is 43.1 Å². The average Bonchev–Trinajstić information content (AvgIpc) is 3.20. The highest BCUT2D eigenvalue weighted by Crippen LogP contribution is 2.50. The maximum atomic E-state index is 12.7. The molecule has 1 fully saturated rings. The summed E-state index contributed by atoms with van der Waals surface area (Å²) in [5, 5.41) is 0. The molecular formula is C17H17NO. The van der Waals surface area contributed by atoms with Crippen LogP contribution < -0.4 is 5.73 Å². The highest BCUT2D eigenvalue weighted by atomic mass is 16.1. The number of hydrogen-bond donors (Lipinski definition) is 1. The molecule has 0 bridgehead atoms. The monoisotopic (exact) mass is 251 g/mol. The van der Waals surface area contributed by atoms with Gasteiger partial charge >= 0.3 is 0 Å². The fourth-order valence-corrected chi connectivity index (χ4v) is 2.64. The molecule has 0 spiro atoms. The van der Waals surface area contributed by atoms with E-state index in [2.05, 4.69) is 0 Å². The summed E-state index contributed by atoms with van der Waals surface area (Å²) in [5.41, 5.74) is 9.18. The van der Waals surface area contributed by atoms with Crippen LogP contribution in [0.3, 0.4) is 0 Å². The van der Waals surface area contributed by atoms with E-state index in [0.29, 0.717) is 0 Å². The average molecular weight is 251 g/mol. The van der Waals surface area contributed by atoms with Crippen molar-refractivity contribution in [1.82, 2.24) is 0 Å². The van der Waals surface area contributed by atoms with Gasteiger partial charge in [0.05, 0.1) is 5.41 Å². The molecule has 1 saturated carbocycles. The van der Waals surface area contributed by atoms with Gasteiger partial charge in [0, 0.05) is 11.3 Å². The van der Waals surface area contributed by atoms with Gasteiger partial charge < -0.3 is 5.73 Å². The Kier molecular flexibility index (Phi) is 2.67. The van der Waals surface area contributed by atoms with E-state index in [-0.39, 0.29) is 11.2 Å². The molecule has 0 saturated heterocycles. The van der Waals surface area contributed by atoms with Crippen molar-refractivity contribution in [3.63, 3.8) is 0 Å². The van der Waals surface area contributed by atoms with E-state index < -0.39 is 0 Å². The fourth-order valence-electron chi connectivity index (χ4n) is 2.64. The quantitative estimate of drug-likeness (QED) is 0.670. The summed E-state index contributed by atoms with van der Waals surface area (Å²) in [6, 6.07) is 15.6. The zero-order valence-corrected chi connectivity index (χ0v) is 11.0. The maximum Gasteiger partial charge on any atom is 0.173 e. The van der Waals surface area contributed by atoms with Crippen LogP contribution in [-0.2, 0) is 5.41 Å². The highest BCUT2D eigenvalue weighted by Gasteiger charge is 2.51. The van der Waals surface area contributed by atoms with Crippen molar-refractivity contribution >= 4 is 11.5 Å². The smallest absolute Gasteiger partial charge is 0.173 e. The lowest BCUT2D eigenvalue weighted by Gasteiger charge is -2.15. The molecule has 2 N–H and O–H groups in total. The largest absolute Gasteiger partial charge is 0.399 e. The summed E-state index contributed by atoms with van der Waals surface area (Å²) in [4.78, 5) is 12.7. The molecule has 2 aromatic rings. The van der Waals surface area contributed by atoms with Gasteiger partial charge in [-0.05, 0) is 43.5 Å². The summed E-state index contributed by atoms with van der Waals surface area (Å²) in [6.07, 6.45) is 1.87. The number of Topliss-reactive ketones (excluding diaryl/α,β-unsaturated/α-hetero) is 1. The molecule has 0 aromatic heterocycles. The first-order chi connectivity index (χ1) is 9.12. The lowest BCUT2D eigenvalue weighted by Crippen LogP contribution is -2.20. The predicted molar refractivity (Wildman–Crippen MR) is 77.3 cm³/mol. The Morgan fingerprint density at radius 2 is 1.79 bits per heavy atom. The number of nitrogens with two attached hydrogens (primary N) is 1. The van der Waals surface area contributed by atoms with Gasteiger partial charge in [-0.15, -0.1) is 0 Å². The molecule has 19 heavy (non-hydrogen) atoms. The highest BCUT2D eigenvalue weighted by molar-refractivity contribution is 6.06. The van der Waals surface area contributed by atoms with Crippen molar-refractivity contribution in [3.8, 4) is 0 Å². The van der Waals surface area contributed by atoms with Crippen LogP contribution in [-0.4, -0.2) is 5.78 Å². The molecule has 0 aliphatic heterocycles. The second kappa shape index (κ2) is 4.23. The number of hydrogen-bond acceptors (Lipinski definition) is 2. The Morgan fingerprint density at radius 1 is 1.11 bits per heavy atom. The molecule has 0 unspecified atom stereocenters. The van der Waals surface area contributed by atoms with Crippen LogP contribution in [0.2, 0.25) is 0 Å². The van der Waals surface area contributed by atoms with Crippen molar-refractivity contribution in [2.45, 2.75) is 25.2 Å². The number of aryl methyl sites for hydroxylation is 1. The van der Waals surface area contributed by atoms with Crippen molar-refractivity contribution in [2.75, 3.05) is 5.73 Å². The summed E-state index contributed by atoms with van der Waals surface area (Å²) in [6.45, 7) is 2.01. The first-order valence-electron chi connectivity index (χ1n) is 6.59. The Bertz CT molecular complexity index is 624. The van der Waals surface area contributed by atoms with E-state index in [1.807, 2.05) is 55.5 Å². The molecule has 0 heterocycles. The van der Waals surface area contributed by atoms with Gasteiger partial charge in [0.25, 0.3) is 0 Å². The number of carbonyl (C=O) groups is 1. The van der Waals surface area contributed by atoms with Crippen LogP contribution in [0, 0.1) is 6.92 Å². The molecule has 3 rings (SSSR count). The minimum Gasteiger partial charge on any atom is -0.399 e. The summed E-state index contributed by atoms with van der Waals surface area (Å²) < 4.78 is 0. The molecule has 0 atom stereocenters. The van der Waals surface area contributed by atoms with E-state index in [0.717, 1.165) is 35.2 Å². The zero-order valence-electron chi connectivity index (χ0n) is 11.0. The molecule has 2 nitrogen and oxygen atoms in total. The lowest BCUT2D eigenvalue weighted by atomic mass is 9.87. The molecule has 1 aliphatic rings. The van der Waals surface area contributed by atoms with Gasteiger partial charge in [0.1, 0.15) is 0 Å². The molecule has 96 valence electrons. The van der Waals surface area contributed by atoms with E-state index in [1.54, 1.807) is 0 Å². The molecule has 2 aromatic carbocycles. The van der Waals surface area contributed by atoms with Crippen LogP contribution >= 0.6 is 0 Å². The second-order valence-corrected chi connectivity index (χ2v) is 5.40. The maximum absolute atomic E-state index is 12.7. The SMILES string of the molecule is Cc1cccc(C(=O)C2(c3ccc(N)cc3)CC2)c1. The molecule has 2 heteroatoms. The van der Waals surface area contributed by atoms with Crippen LogP contribution in [0.5, 0.6) is 0 Å². The van der Waals surface area contributed by atoms with Crippen molar-refractivity contribution in [3.05, 3.63) is 65.2 Å². The Balaban J connectivity index is 1.97. The summed E-state index contributed by atoms with van der Waals surface area (Å²) in [7, 11) is 0. The third-order valence-corrected chi connectivity index (χ3v) is 3.93. The number of benzene rings is 2. The fraction of sp³-hybridized carbons (Fsp3) is 0.235. The number of rotatable bonds is 3. The van der Waals surface area contributed by atoms with Crippen molar-refractivity contribution < 1.29 is 4.79 Å². The summed E-state index contributed by atoms with van der Waals surface area (Å²) in [5.74, 6) is 0.237. The van der Waals surface area contributed by atoms with Gasteiger partial charge in [-0.2, -0.15) is 0 Å². The van der Waals surface area contributed by atoms with E-state index in [9.17, 15) is 4.79 Å². The third kappa shape index (κ3) is 2.03. The zero-order chi connectivity index (χ0) is 13.5. The van der Waals surface area contributed by atoms with Crippen molar-refractivity contribution in [1.29, 1.82) is 0 Å². The van der Waals surface area contributed by atoms with Crippen molar-refractivity contribution in [2.24, 2.45) is 0 Å². The van der Waals surface area contributed by atoms with Gasteiger partial charge in [0.2, 0.25) is 0 Å². The molecule has 1 aliphatic carbocycles. The Morgan fingerprint density at radius 3 is 2.37 bits per heavy atom. The van der Waals surface area contributed by atoms with Crippen LogP contribution in [0.4, 0.5) is 5.69 Å². The van der Waals surface area contributed by atoms with Crippen LogP contribution in [0.1, 0.15) is 34.3 Å². The standard InChI is InChI=1S/C17H17NO/c1-12-3-2-4-13(11-12)16(19)17(9-10-17)14-5-7-15(18)8-6-14/h2-8,11H,9-10,18H2,1H3. The molecule has 0 amide bonds.